The molecule has 0 bridgehead atoms. The molecule has 8 heteroatoms. The lowest BCUT2D eigenvalue weighted by molar-refractivity contribution is -0.207. The Labute approximate surface area is 218 Å². The highest BCUT2D eigenvalue weighted by Gasteiger charge is 2.74. The third-order valence-corrected chi connectivity index (χ3v) is 10.5. The van der Waals surface area contributed by atoms with E-state index in [1.807, 2.05) is 13.8 Å². The van der Waals surface area contributed by atoms with E-state index in [0.717, 1.165) is 5.57 Å². The van der Waals surface area contributed by atoms with Crippen molar-refractivity contribution >= 4 is 35.1 Å². The van der Waals surface area contributed by atoms with Crippen molar-refractivity contribution in [1.82, 2.24) is 0 Å². The molecule has 4 rings (SSSR count). The quantitative estimate of drug-likeness (QED) is 0.412. The fraction of sp³-hybridized carbons (Fsp3) is 0.786. The monoisotopic (exact) mass is 522 g/mol. The minimum Gasteiger partial charge on any atom is -0.457 e. The smallest absolute Gasteiger partial charge is 0.306 e. The molecule has 9 atom stereocenters. The maximum atomic E-state index is 13.9. The van der Waals surface area contributed by atoms with E-state index >= 15 is 0 Å². The van der Waals surface area contributed by atoms with E-state index < -0.39 is 41.4 Å². The highest BCUT2D eigenvalue weighted by Crippen LogP contribution is 2.70. The SMILES string of the molecule is CCC(=O)OCC(=O)C1(OC(=O)CC)[C@H](C)C[C@H]2[C@H]3[C@H]([C@@H](O)C[C@@]21C)[C@@]1(C)CCC(=O)C=C1C[C@H]3Cl. The van der Waals surface area contributed by atoms with Crippen LogP contribution in [0.2, 0.25) is 0 Å². The van der Waals surface area contributed by atoms with Crippen LogP contribution in [-0.2, 0) is 28.7 Å². The summed E-state index contributed by atoms with van der Waals surface area (Å²) in [7, 11) is 0. The summed E-state index contributed by atoms with van der Waals surface area (Å²) >= 11 is 7.06. The number of halogens is 1. The van der Waals surface area contributed by atoms with Crippen molar-refractivity contribution in [2.75, 3.05) is 6.61 Å². The molecule has 4 aliphatic rings. The van der Waals surface area contributed by atoms with E-state index in [-0.39, 0.29) is 59.5 Å². The second-order valence-corrected chi connectivity index (χ2v) is 12.4. The Morgan fingerprint density at radius 1 is 1.17 bits per heavy atom. The third-order valence-electron chi connectivity index (χ3n) is 10.1. The van der Waals surface area contributed by atoms with Crippen LogP contribution in [0.5, 0.6) is 0 Å². The molecule has 0 amide bonds. The van der Waals surface area contributed by atoms with Crippen molar-refractivity contribution < 1.29 is 33.8 Å². The van der Waals surface area contributed by atoms with Crippen LogP contribution in [0.1, 0.15) is 79.6 Å². The summed E-state index contributed by atoms with van der Waals surface area (Å²) in [5, 5.41) is 11.4. The van der Waals surface area contributed by atoms with Gasteiger partial charge in [0.15, 0.2) is 18.0 Å². The molecule has 3 saturated carbocycles. The molecule has 200 valence electrons. The maximum absolute atomic E-state index is 13.9. The minimum absolute atomic E-state index is 0.0881. The number of aliphatic hydroxyl groups is 1. The summed E-state index contributed by atoms with van der Waals surface area (Å²) in [6.07, 6.45) is 3.70. The van der Waals surface area contributed by atoms with Crippen LogP contribution >= 0.6 is 11.6 Å². The Kier molecular flexibility index (Phi) is 7.24. The van der Waals surface area contributed by atoms with Gasteiger partial charge < -0.3 is 14.6 Å². The molecular formula is C28H39ClO7. The predicted molar refractivity (Wildman–Crippen MR) is 133 cm³/mol. The molecule has 0 radical (unpaired) electrons. The molecular weight excluding hydrogens is 484 g/mol. The van der Waals surface area contributed by atoms with Crippen LogP contribution in [0.25, 0.3) is 0 Å². The molecule has 1 N–H and O–H groups in total. The lowest BCUT2D eigenvalue weighted by Crippen LogP contribution is -2.65. The average molecular weight is 523 g/mol. The molecule has 0 saturated heterocycles. The summed E-state index contributed by atoms with van der Waals surface area (Å²) in [5.41, 5.74) is -1.75. The van der Waals surface area contributed by atoms with Gasteiger partial charge >= 0.3 is 11.9 Å². The van der Waals surface area contributed by atoms with Gasteiger partial charge in [0.05, 0.1) is 6.10 Å². The molecule has 0 aliphatic heterocycles. The number of hydrogen-bond acceptors (Lipinski definition) is 7. The maximum Gasteiger partial charge on any atom is 0.306 e. The van der Waals surface area contributed by atoms with E-state index in [0.29, 0.717) is 25.7 Å². The largest absolute Gasteiger partial charge is 0.457 e. The van der Waals surface area contributed by atoms with Gasteiger partial charge in [0.1, 0.15) is 0 Å². The zero-order valence-corrected chi connectivity index (χ0v) is 22.7. The van der Waals surface area contributed by atoms with Crippen LogP contribution in [-0.4, -0.2) is 52.3 Å². The number of carbonyl (C=O) groups is 4. The average Bonchev–Trinajstić information content (AvgIpc) is 3.04. The van der Waals surface area contributed by atoms with Crippen LogP contribution in [0.4, 0.5) is 0 Å². The molecule has 4 aliphatic carbocycles. The minimum atomic E-state index is -1.53. The zero-order chi connectivity index (χ0) is 26.6. The molecule has 3 fully saturated rings. The van der Waals surface area contributed by atoms with Gasteiger partial charge in [0.2, 0.25) is 5.78 Å². The number of esters is 2. The van der Waals surface area contributed by atoms with Crippen LogP contribution in [0, 0.1) is 34.5 Å². The van der Waals surface area contributed by atoms with Crippen LogP contribution < -0.4 is 0 Å². The van der Waals surface area contributed by atoms with Crippen molar-refractivity contribution in [2.24, 2.45) is 34.5 Å². The third kappa shape index (κ3) is 3.87. The highest BCUT2D eigenvalue weighted by atomic mass is 35.5. The van der Waals surface area contributed by atoms with E-state index in [2.05, 4.69) is 6.92 Å². The number of alkyl halides is 1. The summed E-state index contributed by atoms with van der Waals surface area (Å²) in [6.45, 7) is 8.83. The second kappa shape index (κ2) is 9.54. The molecule has 0 aromatic heterocycles. The van der Waals surface area contributed by atoms with E-state index in [1.165, 1.54) is 0 Å². The fourth-order valence-electron chi connectivity index (χ4n) is 8.39. The standard InChI is InChI=1S/C28H39ClO7/c1-6-22(33)35-14-21(32)28(36-23(34)7-2)15(3)10-18-24-19(29)12-16-11-17(30)8-9-26(16,4)25(24)20(31)13-27(18,28)5/h11,15,18-20,24-25,31H,6-10,12-14H2,1-5H3/t15-,18+,19-,20+,24-,25+,26+,27+,28?/m1/s1. The summed E-state index contributed by atoms with van der Waals surface area (Å²) < 4.78 is 11.3. The topological polar surface area (TPSA) is 107 Å². The van der Waals surface area contributed by atoms with Crippen LogP contribution in [0.3, 0.4) is 0 Å². The number of ketones is 2. The first-order chi connectivity index (χ1) is 16.9. The Bertz CT molecular complexity index is 990. The molecule has 0 spiro atoms. The molecule has 0 aromatic carbocycles. The molecule has 1 unspecified atom stereocenters. The zero-order valence-electron chi connectivity index (χ0n) is 22.0. The number of aliphatic hydroxyl groups excluding tert-OH is 1. The number of carbonyl (C=O) groups excluding carboxylic acids is 4. The number of hydrogen-bond donors (Lipinski definition) is 1. The first-order valence-electron chi connectivity index (χ1n) is 13.3. The molecule has 0 heterocycles. The van der Waals surface area contributed by atoms with Gasteiger partial charge in [0.25, 0.3) is 0 Å². The van der Waals surface area contributed by atoms with Crippen molar-refractivity contribution in [2.45, 2.75) is 96.6 Å². The van der Waals surface area contributed by atoms with Gasteiger partial charge in [-0.05, 0) is 54.9 Å². The number of Topliss-reactive ketones (excluding diaryl/α,β-unsaturated/α-hetero) is 1. The van der Waals surface area contributed by atoms with Gasteiger partial charge in [-0.15, -0.1) is 11.6 Å². The van der Waals surface area contributed by atoms with Gasteiger partial charge in [-0.1, -0.05) is 40.2 Å². The number of rotatable bonds is 6. The Morgan fingerprint density at radius 3 is 2.47 bits per heavy atom. The van der Waals surface area contributed by atoms with Gasteiger partial charge in [-0.2, -0.15) is 0 Å². The second-order valence-electron chi connectivity index (χ2n) is 11.8. The molecule has 36 heavy (non-hydrogen) atoms. The lowest BCUT2D eigenvalue weighted by atomic mass is 9.45. The Hall–Kier alpha value is -1.73. The fourth-order valence-corrected chi connectivity index (χ4v) is 8.89. The molecule has 0 aromatic rings. The Morgan fingerprint density at radius 2 is 1.83 bits per heavy atom. The van der Waals surface area contributed by atoms with E-state index in [1.54, 1.807) is 19.9 Å². The van der Waals surface area contributed by atoms with Crippen molar-refractivity contribution in [3.8, 4) is 0 Å². The predicted octanol–water partition coefficient (Wildman–Crippen LogP) is 4.17. The van der Waals surface area contributed by atoms with Crippen molar-refractivity contribution in [1.29, 1.82) is 0 Å². The first-order valence-corrected chi connectivity index (χ1v) is 13.8. The lowest BCUT2D eigenvalue weighted by Gasteiger charge is -2.61. The van der Waals surface area contributed by atoms with Crippen molar-refractivity contribution in [3.05, 3.63) is 11.6 Å². The van der Waals surface area contributed by atoms with Gasteiger partial charge in [-0.3, -0.25) is 19.2 Å². The van der Waals surface area contributed by atoms with Gasteiger partial charge in [0, 0.05) is 36.0 Å². The van der Waals surface area contributed by atoms with Crippen molar-refractivity contribution in [3.63, 3.8) is 0 Å². The van der Waals surface area contributed by atoms with E-state index in [4.69, 9.17) is 21.1 Å². The summed E-state index contributed by atoms with van der Waals surface area (Å²) in [4.78, 5) is 50.7. The number of allylic oxidation sites excluding steroid dienone is 1. The first kappa shape index (κ1) is 27.3. The molecule has 7 nitrogen and oxygen atoms in total. The van der Waals surface area contributed by atoms with E-state index in [9.17, 15) is 24.3 Å². The summed E-state index contributed by atoms with van der Waals surface area (Å²) in [6, 6.07) is 0. The number of fused-ring (bicyclic) bond motifs is 5. The number of ether oxygens (including phenoxy) is 2. The van der Waals surface area contributed by atoms with Crippen LogP contribution in [0.15, 0.2) is 11.6 Å². The van der Waals surface area contributed by atoms with Gasteiger partial charge in [-0.25, -0.2) is 0 Å². The normalized spacial score (nSPS) is 43.5. The highest BCUT2D eigenvalue weighted by molar-refractivity contribution is 6.21. The summed E-state index contributed by atoms with van der Waals surface area (Å²) in [5.74, 6) is -2.04. The Balaban J connectivity index is 1.79.